The van der Waals surface area contributed by atoms with E-state index in [1.807, 2.05) is 29.7 Å². The SMILES string of the molecule is CCNC(Cc1cc(CC)nn1C)c1cnn(C)c1C. The Morgan fingerprint density at radius 1 is 1.25 bits per heavy atom. The topological polar surface area (TPSA) is 47.7 Å². The molecule has 1 unspecified atom stereocenters. The van der Waals surface area contributed by atoms with E-state index in [1.54, 1.807) is 0 Å². The van der Waals surface area contributed by atoms with E-state index in [0.29, 0.717) is 0 Å². The average molecular weight is 275 g/mol. The first-order chi connectivity index (χ1) is 9.56. The van der Waals surface area contributed by atoms with E-state index in [-0.39, 0.29) is 6.04 Å². The number of hydrogen-bond donors (Lipinski definition) is 1. The number of likely N-dealkylation sites (N-methyl/N-ethyl adjacent to an activating group) is 1. The molecular formula is C15H25N5. The standard InChI is InChI=1S/C15H25N5/c1-6-12-8-13(20(5)18-12)9-15(16-7-2)14-10-17-19(4)11(14)3/h8,10,15-16H,6-7,9H2,1-5H3. The molecule has 5 nitrogen and oxygen atoms in total. The summed E-state index contributed by atoms with van der Waals surface area (Å²) in [6.45, 7) is 7.34. The van der Waals surface area contributed by atoms with Crippen molar-refractivity contribution in [2.75, 3.05) is 6.54 Å². The highest BCUT2D eigenvalue weighted by Gasteiger charge is 2.18. The molecule has 2 heterocycles. The zero-order chi connectivity index (χ0) is 14.7. The third-order valence-corrected chi connectivity index (χ3v) is 3.90. The van der Waals surface area contributed by atoms with Crippen molar-refractivity contribution in [3.05, 3.63) is 34.9 Å². The van der Waals surface area contributed by atoms with Gasteiger partial charge in [0.15, 0.2) is 0 Å². The second kappa shape index (κ2) is 6.22. The van der Waals surface area contributed by atoms with Crippen LogP contribution in [0.1, 0.15) is 42.5 Å². The van der Waals surface area contributed by atoms with E-state index in [4.69, 9.17) is 0 Å². The van der Waals surface area contributed by atoms with Crippen molar-refractivity contribution < 1.29 is 0 Å². The lowest BCUT2D eigenvalue weighted by Gasteiger charge is -2.17. The van der Waals surface area contributed by atoms with Gasteiger partial charge in [0.05, 0.1) is 11.9 Å². The van der Waals surface area contributed by atoms with Gasteiger partial charge in [0, 0.05) is 43.5 Å². The third-order valence-electron chi connectivity index (χ3n) is 3.90. The van der Waals surface area contributed by atoms with Crippen LogP contribution in [0.2, 0.25) is 0 Å². The molecule has 110 valence electrons. The normalized spacial score (nSPS) is 12.8. The van der Waals surface area contributed by atoms with Crippen molar-refractivity contribution in [1.82, 2.24) is 24.9 Å². The highest BCUT2D eigenvalue weighted by Crippen LogP contribution is 2.21. The van der Waals surface area contributed by atoms with Crippen molar-refractivity contribution in [3.63, 3.8) is 0 Å². The van der Waals surface area contributed by atoms with E-state index in [9.17, 15) is 0 Å². The Bertz CT molecular complexity index is 567. The van der Waals surface area contributed by atoms with Gasteiger partial charge in [0.25, 0.3) is 0 Å². The van der Waals surface area contributed by atoms with E-state index in [1.165, 1.54) is 17.0 Å². The van der Waals surface area contributed by atoms with Crippen LogP contribution in [-0.2, 0) is 26.9 Å². The first kappa shape index (κ1) is 14.8. The van der Waals surface area contributed by atoms with Gasteiger partial charge in [-0.2, -0.15) is 10.2 Å². The quantitative estimate of drug-likeness (QED) is 0.876. The number of aryl methyl sites for hydroxylation is 3. The molecule has 0 aromatic carbocycles. The summed E-state index contributed by atoms with van der Waals surface area (Å²) >= 11 is 0. The first-order valence-electron chi connectivity index (χ1n) is 7.30. The van der Waals surface area contributed by atoms with Crippen LogP contribution in [0.3, 0.4) is 0 Å². The third kappa shape index (κ3) is 2.93. The van der Waals surface area contributed by atoms with Gasteiger partial charge in [-0.1, -0.05) is 13.8 Å². The molecule has 0 bridgehead atoms. The van der Waals surface area contributed by atoms with Crippen molar-refractivity contribution in [2.24, 2.45) is 14.1 Å². The lowest BCUT2D eigenvalue weighted by Crippen LogP contribution is -2.24. The van der Waals surface area contributed by atoms with Gasteiger partial charge in [-0.15, -0.1) is 0 Å². The maximum absolute atomic E-state index is 4.53. The number of rotatable bonds is 6. The van der Waals surface area contributed by atoms with Crippen LogP contribution in [0.5, 0.6) is 0 Å². The molecule has 0 aliphatic heterocycles. The van der Waals surface area contributed by atoms with Gasteiger partial charge >= 0.3 is 0 Å². The fraction of sp³-hybridized carbons (Fsp3) is 0.600. The van der Waals surface area contributed by atoms with Crippen LogP contribution in [-0.4, -0.2) is 26.1 Å². The molecule has 0 aliphatic rings. The summed E-state index contributed by atoms with van der Waals surface area (Å²) in [4.78, 5) is 0. The van der Waals surface area contributed by atoms with Crippen molar-refractivity contribution in [3.8, 4) is 0 Å². The minimum atomic E-state index is 0.286. The second-order valence-electron chi connectivity index (χ2n) is 5.23. The van der Waals surface area contributed by atoms with Gasteiger partial charge in [0.2, 0.25) is 0 Å². The molecule has 0 aliphatic carbocycles. The van der Waals surface area contributed by atoms with Gasteiger partial charge in [-0.3, -0.25) is 9.36 Å². The lowest BCUT2D eigenvalue weighted by molar-refractivity contribution is 0.525. The number of nitrogens with one attached hydrogen (secondary N) is 1. The molecule has 0 saturated carbocycles. The largest absolute Gasteiger partial charge is 0.310 e. The van der Waals surface area contributed by atoms with Gasteiger partial charge in [0.1, 0.15) is 0 Å². The molecule has 5 heteroatoms. The molecule has 0 fully saturated rings. The number of hydrogen-bond acceptors (Lipinski definition) is 3. The molecule has 20 heavy (non-hydrogen) atoms. The zero-order valence-corrected chi connectivity index (χ0v) is 13.1. The molecule has 0 spiro atoms. The van der Waals surface area contributed by atoms with Crippen molar-refractivity contribution in [2.45, 2.75) is 39.7 Å². The van der Waals surface area contributed by atoms with Gasteiger partial charge < -0.3 is 5.32 Å². The summed E-state index contributed by atoms with van der Waals surface area (Å²) in [5, 5.41) is 12.5. The van der Waals surface area contributed by atoms with Crippen LogP contribution < -0.4 is 5.32 Å². The van der Waals surface area contributed by atoms with E-state index in [2.05, 4.69) is 42.4 Å². The maximum atomic E-state index is 4.53. The van der Waals surface area contributed by atoms with Crippen molar-refractivity contribution in [1.29, 1.82) is 0 Å². The smallest absolute Gasteiger partial charge is 0.0624 e. The summed E-state index contributed by atoms with van der Waals surface area (Å²) in [5.74, 6) is 0. The van der Waals surface area contributed by atoms with Gasteiger partial charge in [-0.05, 0) is 26.0 Å². The molecule has 1 atom stereocenters. The number of nitrogens with zero attached hydrogens (tertiary/aromatic N) is 4. The highest BCUT2D eigenvalue weighted by molar-refractivity contribution is 5.23. The van der Waals surface area contributed by atoms with Gasteiger partial charge in [-0.25, -0.2) is 0 Å². The molecular weight excluding hydrogens is 250 g/mol. The summed E-state index contributed by atoms with van der Waals surface area (Å²) < 4.78 is 3.93. The average Bonchev–Trinajstić information content (AvgIpc) is 2.94. The lowest BCUT2D eigenvalue weighted by atomic mass is 10.0. The fourth-order valence-electron chi connectivity index (χ4n) is 2.54. The first-order valence-corrected chi connectivity index (χ1v) is 7.30. The number of aromatic nitrogens is 4. The summed E-state index contributed by atoms with van der Waals surface area (Å²) in [6.07, 6.45) is 3.88. The predicted octanol–water partition coefficient (Wildman–Crippen LogP) is 1.92. The summed E-state index contributed by atoms with van der Waals surface area (Å²) in [5.41, 5.74) is 4.90. The van der Waals surface area contributed by atoms with Crippen LogP contribution in [0, 0.1) is 6.92 Å². The van der Waals surface area contributed by atoms with Crippen LogP contribution >= 0.6 is 0 Å². The zero-order valence-electron chi connectivity index (χ0n) is 13.1. The van der Waals surface area contributed by atoms with Crippen LogP contribution in [0.25, 0.3) is 0 Å². The molecule has 2 rings (SSSR count). The summed E-state index contributed by atoms with van der Waals surface area (Å²) in [6, 6.07) is 2.49. The Morgan fingerprint density at radius 3 is 2.50 bits per heavy atom. The van der Waals surface area contributed by atoms with E-state index in [0.717, 1.165) is 25.1 Å². The maximum Gasteiger partial charge on any atom is 0.0624 e. The minimum Gasteiger partial charge on any atom is -0.310 e. The molecule has 0 saturated heterocycles. The Labute approximate surface area is 121 Å². The molecule has 0 amide bonds. The molecule has 0 radical (unpaired) electrons. The molecule has 2 aromatic rings. The Morgan fingerprint density at radius 2 is 2.00 bits per heavy atom. The molecule has 2 aromatic heterocycles. The molecule has 1 N–H and O–H groups in total. The fourth-order valence-corrected chi connectivity index (χ4v) is 2.54. The Balaban J connectivity index is 2.25. The highest BCUT2D eigenvalue weighted by atomic mass is 15.3. The van der Waals surface area contributed by atoms with Crippen LogP contribution in [0.4, 0.5) is 0 Å². The Kier molecular flexibility index (Phi) is 4.60. The van der Waals surface area contributed by atoms with E-state index < -0.39 is 0 Å². The monoisotopic (exact) mass is 275 g/mol. The minimum absolute atomic E-state index is 0.286. The van der Waals surface area contributed by atoms with Crippen molar-refractivity contribution >= 4 is 0 Å². The second-order valence-corrected chi connectivity index (χ2v) is 5.23. The van der Waals surface area contributed by atoms with Crippen LogP contribution in [0.15, 0.2) is 12.3 Å². The Hall–Kier alpha value is -1.62. The summed E-state index contributed by atoms with van der Waals surface area (Å²) in [7, 11) is 4.01. The predicted molar refractivity (Wildman–Crippen MR) is 80.7 cm³/mol. The van der Waals surface area contributed by atoms with E-state index >= 15 is 0 Å².